The number of methoxy groups -OCH3 is 1. The van der Waals surface area contributed by atoms with Crippen LogP contribution >= 0.6 is 0 Å². The molecule has 1 aromatic carbocycles. The molecule has 17 heavy (non-hydrogen) atoms. The van der Waals surface area contributed by atoms with Crippen LogP contribution in [0.2, 0.25) is 0 Å². The van der Waals surface area contributed by atoms with Gasteiger partial charge in [-0.3, -0.25) is 4.79 Å². The van der Waals surface area contributed by atoms with Crippen LogP contribution in [0.1, 0.15) is 24.2 Å². The second-order valence-electron chi connectivity index (χ2n) is 4.04. The zero-order valence-corrected chi connectivity index (χ0v) is 10.0. The van der Waals surface area contributed by atoms with Crippen molar-refractivity contribution < 1.29 is 13.9 Å². The quantitative estimate of drug-likeness (QED) is 0.813. The van der Waals surface area contributed by atoms with Gasteiger partial charge in [-0.2, -0.15) is 0 Å². The molecule has 0 aliphatic rings. The summed E-state index contributed by atoms with van der Waals surface area (Å²) >= 11 is 0. The van der Waals surface area contributed by atoms with Gasteiger partial charge in [-0.05, 0) is 26.0 Å². The Morgan fingerprint density at radius 2 is 2.18 bits per heavy atom. The Morgan fingerprint density at radius 1 is 1.53 bits per heavy atom. The molecule has 0 aliphatic carbocycles. The Bertz CT molecular complexity index is 475. The van der Waals surface area contributed by atoms with Gasteiger partial charge in [0.05, 0.1) is 12.6 Å². The Kier molecular flexibility index (Phi) is 3.74. The fourth-order valence-electron chi connectivity index (χ4n) is 1.28. The lowest BCUT2D eigenvalue weighted by Gasteiger charge is -2.20. The number of nitrogens with one attached hydrogen (secondary N) is 1. The maximum atomic E-state index is 13.6. The van der Waals surface area contributed by atoms with E-state index in [0.717, 1.165) is 0 Å². The molecule has 1 aromatic rings. The highest BCUT2D eigenvalue weighted by Gasteiger charge is 2.23. The van der Waals surface area contributed by atoms with Crippen LogP contribution in [0.3, 0.4) is 0 Å². The monoisotopic (exact) mass is 235 g/mol. The van der Waals surface area contributed by atoms with Crippen LogP contribution in [0.4, 0.5) is 4.39 Å². The van der Waals surface area contributed by atoms with Gasteiger partial charge in [-0.1, -0.05) is 12.0 Å². The minimum atomic E-state index is -0.843. The first-order chi connectivity index (χ1) is 7.91. The van der Waals surface area contributed by atoms with Crippen molar-refractivity contribution in [1.29, 1.82) is 0 Å². The molecule has 0 aromatic heterocycles. The number of terminal acetylenes is 1. The summed E-state index contributed by atoms with van der Waals surface area (Å²) in [5.41, 5.74) is -0.983. The zero-order valence-electron chi connectivity index (χ0n) is 10.0. The van der Waals surface area contributed by atoms with Gasteiger partial charge in [0.1, 0.15) is 17.1 Å². The van der Waals surface area contributed by atoms with Gasteiger partial charge in [-0.15, -0.1) is 6.42 Å². The van der Waals surface area contributed by atoms with Gasteiger partial charge < -0.3 is 10.1 Å². The summed E-state index contributed by atoms with van der Waals surface area (Å²) in [4.78, 5) is 11.9. The molecule has 0 aliphatic heterocycles. The largest absolute Gasteiger partial charge is 0.496 e. The Hall–Kier alpha value is -2.02. The second-order valence-corrected chi connectivity index (χ2v) is 4.04. The molecule has 0 spiro atoms. The highest BCUT2D eigenvalue weighted by Crippen LogP contribution is 2.21. The van der Waals surface area contributed by atoms with Crippen molar-refractivity contribution in [3.05, 3.63) is 29.6 Å². The third kappa shape index (κ3) is 2.97. The molecule has 3 nitrogen and oxygen atoms in total. The van der Waals surface area contributed by atoms with E-state index in [2.05, 4.69) is 11.2 Å². The van der Waals surface area contributed by atoms with E-state index in [4.69, 9.17) is 11.2 Å². The van der Waals surface area contributed by atoms with Crippen LogP contribution in [-0.2, 0) is 0 Å². The van der Waals surface area contributed by atoms with E-state index in [-0.39, 0.29) is 11.3 Å². The molecule has 0 unspecified atom stereocenters. The van der Waals surface area contributed by atoms with E-state index in [1.165, 1.54) is 25.3 Å². The number of amides is 1. The number of ether oxygens (including phenoxy) is 1. The topological polar surface area (TPSA) is 38.3 Å². The van der Waals surface area contributed by atoms with Crippen molar-refractivity contribution in [2.45, 2.75) is 19.4 Å². The van der Waals surface area contributed by atoms with Crippen LogP contribution in [0, 0.1) is 18.2 Å². The lowest BCUT2D eigenvalue weighted by atomic mass is 10.1. The van der Waals surface area contributed by atoms with Crippen molar-refractivity contribution in [1.82, 2.24) is 5.32 Å². The number of carbonyl (C=O) groups is 1. The smallest absolute Gasteiger partial charge is 0.259 e. The van der Waals surface area contributed by atoms with Crippen molar-refractivity contribution in [2.75, 3.05) is 7.11 Å². The summed E-state index contributed by atoms with van der Waals surface area (Å²) in [6, 6.07) is 4.18. The third-order valence-corrected chi connectivity index (χ3v) is 2.21. The maximum Gasteiger partial charge on any atom is 0.259 e. The molecule has 0 saturated heterocycles. The summed E-state index contributed by atoms with van der Waals surface area (Å²) in [7, 11) is 1.37. The highest BCUT2D eigenvalue weighted by atomic mass is 19.1. The molecule has 1 amide bonds. The molecule has 4 heteroatoms. The van der Waals surface area contributed by atoms with Gasteiger partial charge in [0.15, 0.2) is 0 Å². The molecule has 0 heterocycles. The van der Waals surface area contributed by atoms with Crippen LogP contribution in [-0.4, -0.2) is 18.6 Å². The van der Waals surface area contributed by atoms with Gasteiger partial charge in [0.2, 0.25) is 0 Å². The Morgan fingerprint density at radius 3 is 2.71 bits per heavy atom. The average molecular weight is 235 g/mol. The number of hydrogen-bond donors (Lipinski definition) is 1. The maximum absolute atomic E-state index is 13.6. The Balaban J connectivity index is 3.09. The first-order valence-corrected chi connectivity index (χ1v) is 5.04. The van der Waals surface area contributed by atoms with Gasteiger partial charge in [0.25, 0.3) is 5.91 Å². The molecule has 0 radical (unpaired) electrons. The summed E-state index contributed by atoms with van der Waals surface area (Å²) < 4.78 is 18.5. The zero-order chi connectivity index (χ0) is 13.1. The second kappa shape index (κ2) is 4.88. The lowest BCUT2D eigenvalue weighted by Crippen LogP contribution is -2.42. The number of benzene rings is 1. The van der Waals surface area contributed by atoms with Crippen LogP contribution < -0.4 is 10.1 Å². The first-order valence-electron chi connectivity index (χ1n) is 5.04. The highest BCUT2D eigenvalue weighted by molar-refractivity contribution is 5.97. The molecule has 0 fully saturated rings. The summed E-state index contributed by atoms with van der Waals surface area (Å²) in [5.74, 6) is 1.34. The molecule has 1 rings (SSSR count). The van der Waals surface area contributed by atoms with Gasteiger partial charge in [0, 0.05) is 0 Å². The molecule has 0 bridgehead atoms. The Labute approximate surface area is 100.0 Å². The van der Waals surface area contributed by atoms with Crippen molar-refractivity contribution in [2.24, 2.45) is 0 Å². The molecule has 90 valence electrons. The fourth-order valence-corrected chi connectivity index (χ4v) is 1.28. The predicted molar refractivity (Wildman–Crippen MR) is 63.3 cm³/mol. The number of hydrogen-bond acceptors (Lipinski definition) is 2. The van der Waals surface area contributed by atoms with E-state index < -0.39 is 17.3 Å². The van der Waals surface area contributed by atoms with Crippen molar-refractivity contribution in [3.8, 4) is 18.1 Å². The van der Waals surface area contributed by atoms with E-state index in [9.17, 15) is 9.18 Å². The number of rotatable bonds is 3. The summed E-state index contributed by atoms with van der Waals surface area (Å²) in [6.07, 6.45) is 5.25. The standard InChI is InChI=1S/C13H14FNO2/c1-5-13(2,3)15-12(16)11-9(14)7-6-8-10(11)17-4/h1,6-8H,2-4H3,(H,15,16). The summed E-state index contributed by atoms with van der Waals surface area (Å²) in [6.45, 7) is 3.30. The molecule has 0 saturated carbocycles. The van der Waals surface area contributed by atoms with Crippen LogP contribution in [0.25, 0.3) is 0 Å². The molecular weight excluding hydrogens is 221 g/mol. The van der Waals surface area contributed by atoms with E-state index >= 15 is 0 Å². The summed E-state index contributed by atoms with van der Waals surface area (Å²) in [5, 5.41) is 2.54. The molecule has 1 N–H and O–H groups in total. The SMILES string of the molecule is C#CC(C)(C)NC(=O)c1c(F)cccc1OC. The van der Waals surface area contributed by atoms with Crippen LogP contribution in [0.15, 0.2) is 18.2 Å². The lowest BCUT2D eigenvalue weighted by molar-refractivity contribution is 0.0922. The number of carbonyl (C=O) groups excluding carboxylic acids is 1. The minimum Gasteiger partial charge on any atom is -0.496 e. The fraction of sp³-hybridized carbons (Fsp3) is 0.308. The molecule has 0 atom stereocenters. The first kappa shape index (κ1) is 13.0. The average Bonchev–Trinajstić information content (AvgIpc) is 2.27. The van der Waals surface area contributed by atoms with Crippen molar-refractivity contribution >= 4 is 5.91 Å². The minimum absolute atomic E-state index is 0.140. The van der Waals surface area contributed by atoms with E-state index in [0.29, 0.717) is 0 Å². The van der Waals surface area contributed by atoms with Crippen LogP contribution in [0.5, 0.6) is 5.75 Å². The number of halogens is 1. The third-order valence-electron chi connectivity index (χ3n) is 2.21. The van der Waals surface area contributed by atoms with Crippen molar-refractivity contribution in [3.63, 3.8) is 0 Å². The predicted octanol–water partition coefficient (Wildman–Crippen LogP) is 1.98. The van der Waals surface area contributed by atoms with E-state index in [1.807, 2.05) is 0 Å². The van der Waals surface area contributed by atoms with E-state index in [1.54, 1.807) is 13.8 Å². The molecular formula is C13H14FNO2. The normalized spacial score (nSPS) is 10.5. The van der Waals surface area contributed by atoms with Gasteiger partial charge in [-0.25, -0.2) is 4.39 Å². The van der Waals surface area contributed by atoms with Gasteiger partial charge >= 0.3 is 0 Å².